The molecule has 2 aliphatic rings. The van der Waals surface area contributed by atoms with Crippen molar-refractivity contribution >= 4 is 17.1 Å². The summed E-state index contributed by atoms with van der Waals surface area (Å²) in [5, 5.41) is 12.4. The molecule has 1 amide bonds. The number of ether oxygens (including phenoxy) is 1. The number of amides is 1. The Morgan fingerprint density at radius 2 is 1.75 bits per heavy atom. The summed E-state index contributed by atoms with van der Waals surface area (Å²) in [6.07, 6.45) is 4.19. The zero-order valence-electron chi connectivity index (χ0n) is 15.6. The number of hydrogen-bond donors (Lipinski definition) is 1. The van der Waals surface area contributed by atoms with Gasteiger partial charge >= 0.3 is 6.09 Å². The molecule has 144 valence electrons. The van der Waals surface area contributed by atoms with Crippen LogP contribution in [0.2, 0.25) is 0 Å². The second-order valence-electron chi connectivity index (χ2n) is 7.92. The molecule has 0 aliphatic carbocycles. The maximum absolute atomic E-state index is 12.7. The number of carbonyl (C=O) groups is 1. The summed E-state index contributed by atoms with van der Waals surface area (Å²) in [5.74, 6) is 0. The molecule has 2 saturated heterocycles. The van der Waals surface area contributed by atoms with Crippen LogP contribution in [-0.2, 0) is 16.9 Å². The molecule has 2 bridgehead atoms. The van der Waals surface area contributed by atoms with Crippen molar-refractivity contribution in [3.8, 4) is 0 Å². The van der Waals surface area contributed by atoms with Crippen LogP contribution in [0.1, 0.15) is 36.8 Å². The van der Waals surface area contributed by atoms with Crippen LogP contribution < -0.4 is 0 Å². The Bertz CT molecular complexity index is 982. The fourth-order valence-corrected chi connectivity index (χ4v) is 4.87. The van der Waals surface area contributed by atoms with Crippen LogP contribution in [0, 0.1) is 0 Å². The van der Waals surface area contributed by atoms with Crippen LogP contribution in [0.3, 0.4) is 0 Å². The van der Waals surface area contributed by atoms with Crippen molar-refractivity contribution in [1.29, 1.82) is 0 Å². The fraction of sp³-hybridized carbons (Fsp3) is 0.348. The number of nitrogens with zero attached hydrogens (tertiary/aromatic N) is 1. The van der Waals surface area contributed by atoms with Crippen molar-refractivity contribution in [2.24, 2.45) is 0 Å². The van der Waals surface area contributed by atoms with Gasteiger partial charge in [0.05, 0.1) is 11.9 Å². The van der Waals surface area contributed by atoms with E-state index in [4.69, 9.17) is 9.15 Å². The van der Waals surface area contributed by atoms with Gasteiger partial charge in [-0.1, -0.05) is 48.5 Å². The van der Waals surface area contributed by atoms with Gasteiger partial charge in [-0.05, 0) is 24.5 Å². The molecule has 1 N–H and O–H groups in total. The molecular formula is C23H23NO4. The first-order valence-corrected chi connectivity index (χ1v) is 9.82. The van der Waals surface area contributed by atoms with Crippen molar-refractivity contribution < 1.29 is 19.1 Å². The highest BCUT2D eigenvalue weighted by Gasteiger charge is 2.51. The van der Waals surface area contributed by atoms with Crippen molar-refractivity contribution in [3.05, 3.63) is 72.0 Å². The number of hydrogen-bond acceptors (Lipinski definition) is 4. The van der Waals surface area contributed by atoms with E-state index in [1.54, 1.807) is 6.26 Å². The summed E-state index contributed by atoms with van der Waals surface area (Å²) in [5.41, 5.74) is 1.61. The van der Waals surface area contributed by atoms with E-state index in [1.165, 1.54) is 0 Å². The molecule has 3 heterocycles. The molecule has 2 atom stereocenters. The fourth-order valence-electron chi connectivity index (χ4n) is 4.87. The number of para-hydroxylation sites is 1. The zero-order chi connectivity index (χ0) is 19.1. The minimum absolute atomic E-state index is 0.0133. The highest BCUT2D eigenvalue weighted by molar-refractivity contribution is 5.82. The Kier molecular flexibility index (Phi) is 4.13. The lowest BCUT2D eigenvalue weighted by Gasteiger charge is -2.43. The third kappa shape index (κ3) is 2.87. The number of carbonyl (C=O) groups excluding carboxylic acids is 1. The lowest BCUT2D eigenvalue weighted by molar-refractivity contribution is -0.0531. The van der Waals surface area contributed by atoms with Crippen molar-refractivity contribution in [1.82, 2.24) is 4.90 Å². The number of furan rings is 1. The first-order valence-electron chi connectivity index (χ1n) is 9.82. The Balaban J connectivity index is 1.34. The van der Waals surface area contributed by atoms with Crippen LogP contribution >= 0.6 is 0 Å². The van der Waals surface area contributed by atoms with Crippen LogP contribution in [0.15, 0.2) is 65.3 Å². The lowest BCUT2D eigenvalue weighted by atomic mass is 9.80. The molecule has 5 rings (SSSR count). The van der Waals surface area contributed by atoms with Gasteiger partial charge in [0.2, 0.25) is 0 Å². The highest BCUT2D eigenvalue weighted by Crippen LogP contribution is 2.47. The zero-order valence-corrected chi connectivity index (χ0v) is 15.6. The predicted octanol–water partition coefficient (Wildman–Crippen LogP) is 4.58. The molecule has 2 aliphatic heterocycles. The Morgan fingerprint density at radius 1 is 1.07 bits per heavy atom. The minimum atomic E-state index is -0.978. The molecule has 2 unspecified atom stereocenters. The topological polar surface area (TPSA) is 62.9 Å². The standard InChI is InChI=1S/C23H23NO4/c25-22(28-14-16-6-2-1-3-7-16)24-17-10-11-18(24)13-23(26,12-17)20-15-27-21-9-5-4-8-19(20)21/h1-9,15,17-18,26H,10-14H2. The van der Waals surface area contributed by atoms with Gasteiger partial charge in [-0.15, -0.1) is 0 Å². The molecule has 5 nitrogen and oxygen atoms in total. The molecule has 0 spiro atoms. The van der Waals surface area contributed by atoms with Gasteiger partial charge < -0.3 is 19.2 Å². The molecule has 2 aromatic carbocycles. The average molecular weight is 377 g/mol. The summed E-state index contributed by atoms with van der Waals surface area (Å²) in [6.45, 7) is 0.270. The van der Waals surface area contributed by atoms with E-state index in [0.29, 0.717) is 12.8 Å². The lowest BCUT2D eigenvalue weighted by Crippen LogP contribution is -2.52. The van der Waals surface area contributed by atoms with Crippen LogP contribution in [0.4, 0.5) is 4.79 Å². The maximum Gasteiger partial charge on any atom is 0.410 e. The average Bonchev–Trinajstić information content (AvgIpc) is 3.27. The Morgan fingerprint density at radius 3 is 2.50 bits per heavy atom. The number of fused-ring (bicyclic) bond motifs is 3. The molecule has 0 saturated carbocycles. The summed E-state index contributed by atoms with van der Waals surface area (Å²) in [6, 6.07) is 17.4. The molecule has 2 fully saturated rings. The monoisotopic (exact) mass is 377 g/mol. The van der Waals surface area contributed by atoms with Crippen molar-refractivity contribution in [2.75, 3.05) is 0 Å². The predicted molar refractivity (Wildman–Crippen MR) is 105 cm³/mol. The van der Waals surface area contributed by atoms with Crippen LogP contribution in [0.5, 0.6) is 0 Å². The third-order valence-corrected chi connectivity index (χ3v) is 6.16. The number of rotatable bonds is 3. The molecule has 1 aromatic heterocycles. The van der Waals surface area contributed by atoms with Gasteiger partial charge in [-0.2, -0.15) is 0 Å². The number of aliphatic hydroxyl groups is 1. The van der Waals surface area contributed by atoms with Crippen LogP contribution in [-0.4, -0.2) is 28.2 Å². The molecule has 28 heavy (non-hydrogen) atoms. The van der Waals surface area contributed by atoms with Gasteiger partial charge in [0.25, 0.3) is 0 Å². The van der Waals surface area contributed by atoms with Gasteiger partial charge in [-0.3, -0.25) is 0 Å². The SMILES string of the molecule is O=C(OCc1ccccc1)N1C2CCC1CC(O)(c1coc3ccccc13)C2. The summed E-state index contributed by atoms with van der Waals surface area (Å²) >= 11 is 0. The first-order chi connectivity index (χ1) is 13.6. The smallest absolute Gasteiger partial charge is 0.410 e. The summed E-state index contributed by atoms with van der Waals surface area (Å²) in [7, 11) is 0. The molecule has 0 radical (unpaired) electrons. The molecule has 3 aromatic rings. The second kappa shape index (κ2) is 6.67. The highest BCUT2D eigenvalue weighted by atomic mass is 16.6. The van der Waals surface area contributed by atoms with E-state index < -0.39 is 5.60 Å². The Labute approximate surface area is 163 Å². The quantitative estimate of drug-likeness (QED) is 0.725. The van der Waals surface area contributed by atoms with Gasteiger partial charge in [0.1, 0.15) is 12.2 Å². The number of benzene rings is 2. The van der Waals surface area contributed by atoms with E-state index >= 15 is 0 Å². The van der Waals surface area contributed by atoms with E-state index in [9.17, 15) is 9.90 Å². The third-order valence-electron chi connectivity index (χ3n) is 6.16. The summed E-state index contributed by atoms with van der Waals surface area (Å²) in [4.78, 5) is 14.6. The minimum Gasteiger partial charge on any atom is -0.464 e. The molecule has 5 heteroatoms. The van der Waals surface area contributed by atoms with Gasteiger partial charge in [0, 0.05) is 35.9 Å². The van der Waals surface area contributed by atoms with Crippen molar-refractivity contribution in [3.63, 3.8) is 0 Å². The number of piperidine rings is 1. The largest absolute Gasteiger partial charge is 0.464 e. The Hall–Kier alpha value is -2.79. The normalized spacial score (nSPS) is 26.5. The van der Waals surface area contributed by atoms with E-state index in [1.807, 2.05) is 59.5 Å². The molecular weight excluding hydrogens is 354 g/mol. The van der Waals surface area contributed by atoms with Gasteiger partial charge in [-0.25, -0.2) is 4.79 Å². The van der Waals surface area contributed by atoms with Crippen LogP contribution in [0.25, 0.3) is 11.0 Å². The maximum atomic E-state index is 12.7. The van der Waals surface area contributed by atoms with Crippen molar-refractivity contribution in [2.45, 2.75) is 50.0 Å². The summed E-state index contributed by atoms with van der Waals surface area (Å²) < 4.78 is 11.2. The van der Waals surface area contributed by atoms with E-state index in [0.717, 1.165) is 34.9 Å². The van der Waals surface area contributed by atoms with E-state index in [2.05, 4.69) is 0 Å². The van der Waals surface area contributed by atoms with Gasteiger partial charge in [0.15, 0.2) is 0 Å². The second-order valence-corrected chi connectivity index (χ2v) is 7.92. The van der Waals surface area contributed by atoms with E-state index in [-0.39, 0.29) is 24.8 Å². The first kappa shape index (κ1) is 17.3.